The Morgan fingerprint density at radius 1 is 1.50 bits per heavy atom. The van der Waals surface area contributed by atoms with E-state index in [2.05, 4.69) is 4.98 Å². The Kier molecular flexibility index (Phi) is 2.84. The molecule has 0 aliphatic heterocycles. The largest absolute Gasteiger partial charge is 0.733 e. The lowest BCUT2D eigenvalue weighted by atomic mass is 10.2. The molecule has 14 heavy (non-hydrogen) atoms. The molecule has 0 aromatic carbocycles. The average Bonchev–Trinajstić information content (AvgIpc) is 2.02. The molecule has 0 fully saturated rings. The molecule has 0 bridgehead atoms. The highest BCUT2D eigenvalue weighted by Crippen LogP contribution is 2.35. The van der Waals surface area contributed by atoms with Crippen molar-refractivity contribution >= 4 is 17.3 Å². The molecule has 1 N–H and O–H groups in total. The van der Waals surface area contributed by atoms with Crippen LogP contribution in [0, 0.1) is 5.21 Å². The molecule has 0 aliphatic rings. The van der Waals surface area contributed by atoms with Gasteiger partial charge in [0.25, 0.3) is 0 Å². The van der Waals surface area contributed by atoms with Gasteiger partial charge in [-0.1, -0.05) is 11.6 Å². The minimum absolute atomic E-state index is 0.405. The van der Waals surface area contributed by atoms with Crippen LogP contribution in [0.25, 0.3) is 0 Å². The number of nitrogens with zero attached hydrogens (tertiary/aromatic N) is 2. The molecule has 1 aromatic rings. The van der Waals surface area contributed by atoms with Crippen molar-refractivity contribution in [3.05, 3.63) is 28.2 Å². The summed E-state index contributed by atoms with van der Waals surface area (Å²) in [7, 11) is 0. The molecule has 78 valence electrons. The number of alkyl halides is 3. The van der Waals surface area contributed by atoms with Crippen molar-refractivity contribution in [3.63, 3.8) is 0 Å². The summed E-state index contributed by atoms with van der Waals surface area (Å²) in [6, 6.07) is 0.405. The maximum Gasteiger partial charge on any atom is 0.419 e. The molecular formula is C6H3ClF3N2O2-. The van der Waals surface area contributed by atoms with Crippen molar-refractivity contribution < 1.29 is 18.4 Å². The Morgan fingerprint density at radius 3 is 2.50 bits per heavy atom. The average molecular weight is 228 g/mol. The van der Waals surface area contributed by atoms with E-state index in [1.165, 1.54) is 0 Å². The third-order valence-corrected chi connectivity index (χ3v) is 1.65. The predicted molar refractivity (Wildman–Crippen MR) is 41.9 cm³/mol. The molecule has 0 amide bonds. The summed E-state index contributed by atoms with van der Waals surface area (Å²) in [5.74, 6) is 0. The highest BCUT2D eigenvalue weighted by molar-refractivity contribution is 6.30. The molecule has 1 rings (SSSR count). The van der Waals surface area contributed by atoms with Gasteiger partial charge in [0.2, 0.25) is 0 Å². The van der Waals surface area contributed by atoms with E-state index in [0.717, 1.165) is 6.20 Å². The summed E-state index contributed by atoms with van der Waals surface area (Å²) in [4.78, 5) is 3.11. The van der Waals surface area contributed by atoms with Crippen LogP contribution in [0.5, 0.6) is 0 Å². The number of anilines is 1. The molecule has 1 heterocycles. The van der Waals surface area contributed by atoms with Gasteiger partial charge in [-0.2, -0.15) is 13.2 Å². The highest BCUT2D eigenvalue weighted by Gasteiger charge is 2.34. The first-order valence-corrected chi connectivity index (χ1v) is 3.59. The molecule has 8 heteroatoms. The minimum atomic E-state index is -4.71. The van der Waals surface area contributed by atoms with Crippen molar-refractivity contribution in [1.29, 1.82) is 0 Å². The second-order valence-corrected chi connectivity index (χ2v) is 2.66. The molecule has 0 radical (unpaired) electrons. The van der Waals surface area contributed by atoms with Crippen LogP contribution in [0.3, 0.4) is 0 Å². The quantitative estimate of drug-likeness (QED) is 0.591. The van der Waals surface area contributed by atoms with Crippen molar-refractivity contribution in [1.82, 2.24) is 4.98 Å². The molecular weight excluding hydrogens is 225 g/mol. The smallest absolute Gasteiger partial charge is 0.419 e. The Bertz CT molecular complexity index is 342. The van der Waals surface area contributed by atoms with E-state index < -0.39 is 27.8 Å². The fraction of sp³-hybridized carbons (Fsp3) is 0.167. The van der Waals surface area contributed by atoms with Gasteiger partial charge in [-0.05, 0) is 6.07 Å². The lowest BCUT2D eigenvalue weighted by molar-refractivity contribution is -0.137. The van der Waals surface area contributed by atoms with Crippen LogP contribution in [-0.2, 0) is 6.18 Å². The van der Waals surface area contributed by atoms with Gasteiger partial charge in [-0.3, -0.25) is 5.21 Å². The van der Waals surface area contributed by atoms with Gasteiger partial charge in [0.1, 0.15) is 5.15 Å². The number of halogens is 4. The topological polar surface area (TPSA) is 59.4 Å². The summed E-state index contributed by atoms with van der Waals surface area (Å²) in [6.45, 7) is 0. The maximum absolute atomic E-state index is 12.2. The third-order valence-electron chi connectivity index (χ3n) is 1.35. The van der Waals surface area contributed by atoms with Crippen LogP contribution in [0.1, 0.15) is 5.56 Å². The number of pyridine rings is 1. The molecule has 4 nitrogen and oxygen atoms in total. The molecule has 0 aliphatic carbocycles. The van der Waals surface area contributed by atoms with E-state index in [4.69, 9.17) is 16.8 Å². The van der Waals surface area contributed by atoms with Crippen molar-refractivity contribution in [2.24, 2.45) is 0 Å². The minimum Gasteiger partial charge on any atom is -0.733 e. The van der Waals surface area contributed by atoms with Crippen LogP contribution in [0.2, 0.25) is 5.15 Å². The first-order valence-electron chi connectivity index (χ1n) is 3.21. The van der Waals surface area contributed by atoms with Crippen molar-refractivity contribution in [2.45, 2.75) is 6.18 Å². The zero-order valence-electron chi connectivity index (χ0n) is 6.42. The zero-order valence-corrected chi connectivity index (χ0v) is 7.17. The second kappa shape index (κ2) is 3.60. The van der Waals surface area contributed by atoms with Crippen LogP contribution in [0.4, 0.5) is 18.9 Å². The summed E-state index contributed by atoms with van der Waals surface area (Å²) in [6.07, 6.45) is -3.99. The van der Waals surface area contributed by atoms with Crippen molar-refractivity contribution in [3.8, 4) is 0 Å². The summed E-state index contributed by atoms with van der Waals surface area (Å²) >= 11 is 5.15. The third kappa shape index (κ3) is 2.25. The van der Waals surface area contributed by atoms with E-state index >= 15 is 0 Å². The Labute approximate surface area is 81.1 Å². The first kappa shape index (κ1) is 11.0. The Balaban J connectivity index is 3.22. The number of aromatic nitrogens is 1. The molecule has 0 spiro atoms. The lowest BCUT2D eigenvalue weighted by Gasteiger charge is -2.22. The molecule has 0 saturated carbocycles. The van der Waals surface area contributed by atoms with Crippen LogP contribution in [-0.4, -0.2) is 10.2 Å². The van der Waals surface area contributed by atoms with E-state index in [9.17, 15) is 18.4 Å². The fourth-order valence-electron chi connectivity index (χ4n) is 0.740. The fourth-order valence-corrected chi connectivity index (χ4v) is 0.951. The zero-order chi connectivity index (χ0) is 10.9. The summed E-state index contributed by atoms with van der Waals surface area (Å²) in [5.41, 5.74) is -1.91. The second-order valence-electron chi connectivity index (χ2n) is 2.30. The number of hydrogen-bond donors (Lipinski definition) is 1. The van der Waals surface area contributed by atoms with Gasteiger partial charge in [0.05, 0.1) is 17.4 Å². The van der Waals surface area contributed by atoms with Crippen LogP contribution >= 0.6 is 11.6 Å². The monoisotopic (exact) mass is 227 g/mol. The Hall–Kier alpha value is -1.05. The number of hydrogen-bond acceptors (Lipinski definition) is 4. The first-order chi connectivity index (χ1) is 6.32. The van der Waals surface area contributed by atoms with E-state index in [0.29, 0.717) is 6.07 Å². The van der Waals surface area contributed by atoms with E-state index in [-0.39, 0.29) is 0 Å². The van der Waals surface area contributed by atoms with Gasteiger partial charge >= 0.3 is 6.18 Å². The summed E-state index contributed by atoms with van der Waals surface area (Å²) in [5, 5.41) is 17.1. The maximum atomic E-state index is 12.2. The van der Waals surface area contributed by atoms with E-state index in [1.807, 2.05) is 0 Å². The highest BCUT2D eigenvalue weighted by atomic mass is 35.5. The van der Waals surface area contributed by atoms with Gasteiger partial charge < -0.3 is 10.4 Å². The molecule has 0 unspecified atom stereocenters. The molecule has 0 atom stereocenters. The van der Waals surface area contributed by atoms with Gasteiger partial charge in [0, 0.05) is 0 Å². The van der Waals surface area contributed by atoms with Gasteiger partial charge in [-0.15, -0.1) is 0 Å². The van der Waals surface area contributed by atoms with Gasteiger partial charge in [0.15, 0.2) is 0 Å². The number of rotatable bonds is 1. The predicted octanol–water partition coefficient (Wildman–Crippen LogP) is 2.45. The SMILES string of the molecule is [O-]N(O)c1cnc(Cl)c(C(F)(F)F)c1. The normalized spacial score (nSPS) is 11.6. The standard InChI is InChI=1S/C6H3ClF3N2O2/c7-5-4(6(8,9)10)1-3(2-11-5)12(13)14/h1-2,13H/q-1. The molecule has 0 saturated heterocycles. The molecule has 1 aromatic heterocycles. The van der Waals surface area contributed by atoms with Crippen molar-refractivity contribution in [2.75, 3.05) is 5.23 Å². The van der Waals surface area contributed by atoms with Crippen LogP contribution in [0.15, 0.2) is 12.3 Å². The van der Waals surface area contributed by atoms with Crippen LogP contribution < -0.4 is 5.23 Å². The summed E-state index contributed by atoms with van der Waals surface area (Å²) < 4.78 is 36.5. The lowest BCUT2D eigenvalue weighted by Crippen LogP contribution is -2.12. The Morgan fingerprint density at radius 2 is 2.07 bits per heavy atom. The van der Waals surface area contributed by atoms with E-state index in [1.54, 1.807) is 0 Å². The van der Waals surface area contributed by atoms with Gasteiger partial charge in [-0.25, -0.2) is 4.98 Å².